The average molecular weight is 408 g/mol. The molecule has 0 aliphatic carbocycles. The van der Waals surface area contributed by atoms with Crippen LogP contribution >= 0.6 is 0 Å². The molecule has 0 saturated heterocycles. The second-order valence-corrected chi connectivity index (χ2v) is 8.21. The summed E-state index contributed by atoms with van der Waals surface area (Å²) in [4.78, 5) is 13.1. The Morgan fingerprint density at radius 3 is 2.47 bits per heavy atom. The topological polar surface area (TPSA) is 73.6 Å². The Balaban J connectivity index is 1.85. The van der Waals surface area contributed by atoms with Gasteiger partial charge < -0.3 is 19.3 Å². The van der Waals surface area contributed by atoms with Crippen molar-refractivity contribution in [2.45, 2.75) is 46.6 Å². The normalized spacial score (nSPS) is 11.3. The van der Waals surface area contributed by atoms with Crippen LogP contribution < -0.4 is 14.8 Å². The van der Waals surface area contributed by atoms with E-state index >= 15 is 0 Å². The lowest BCUT2D eigenvalue weighted by Gasteiger charge is -2.21. The zero-order valence-corrected chi connectivity index (χ0v) is 18.3. The number of carbonyl (C=O) groups is 1. The lowest BCUT2D eigenvalue weighted by atomic mass is 9.87. The van der Waals surface area contributed by atoms with Gasteiger partial charge in [0.25, 0.3) is 5.91 Å². The van der Waals surface area contributed by atoms with Crippen molar-refractivity contribution in [2.75, 3.05) is 12.4 Å². The standard InChI is InChI=1S/C24H28N2O4/c1-15-19(16(2)30-26-15)14-29-21-10-8-7-9-18(21)23(27)25-20-13-17(24(3,4)5)11-12-22(20)28-6/h7-13H,14H2,1-6H3,(H,25,27). The van der Waals surface area contributed by atoms with Crippen LogP contribution in [0.4, 0.5) is 5.69 Å². The van der Waals surface area contributed by atoms with Crippen LogP contribution in [0.25, 0.3) is 0 Å². The lowest BCUT2D eigenvalue weighted by Crippen LogP contribution is -2.16. The van der Waals surface area contributed by atoms with Gasteiger partial charge in [-0.2, -0.15) is 0 Å². The van der Waals surface area contributed by atoms with Crippen molar-refractivity contribution in [1.29, 1.82) is 0 Å². The zero-order chi connectivity index (χ0) is 21.9. The maximum Gasteiger partial charge on any atom is 0.259 e. The molecule has 2 aromatic carbocycles. The van der Waals surface area contributed by atoms with E-state index in [9.17, 15) is 4.79 Å². The molecule has 0 radical (unpaired) electrons. The molecule has 6 nitrogen and oxygen atoms in total. The molecule has 6 heteroatoms. The van der Waals surface area contributed by atoms with E-state index in [-0.39, 0.29) is 17.9 Å². The molecule has 1 aromatic heterocycles. The molecule has 0 aliphatic heterocycles. The summed E-state index contributed by atoms with van der Waals surface area (Å²) in [6, 6.07) is 13.0. The summed E-state index contributed by atoms with van der Waals surface area (Å²) in [7, 11) is 1.59. The number of para-hydroxylation sites is 1. The van der Waals surface area contributed by atoms with Crippen molar-refractivity contribution in [2.24, 2.45) is 0 Å². The molecular formula is C24H28N2O4. The molecule has 0 unspecified atom stereocenters. The number of hydrogen-bond donors (Lipinski definition) is 1. The van der Waals surface area contributed by atoms with Crippen LogP contribution in [0.2, 0.25) is 0 Å². The van der Waals surface area contributed by atoms with Gasteiger partial charge >= 0.3 is 0 Å². The number of rotatable bonds is 6. The summed E-state index contributed by atoms with van der Waals surface area (Å²) < 4.78 is 16.6. The van der Waals surface area contributed by atoms with Crippen molar-refractivity contribution >= 4 is 11.6 Å². The van der Waals surface area contributed by atoms with E-state index in [1.807, 2.05) is 38.1 Å². The number of benzene rings is 2. The third-order valence-electron chi connectivity index (χ3n) is 5.00. The average Bonchev–Trinajstić information content (AvgIpc) is 3.03. The van der Waals surface area contributed by atoms with E-state index in [1.165, 1.54) is 0 Å². The first-order valence-electron chi connectivity index (χ1n) is 9.84. The second kappa shape index (κ2) is 8.61. The largest absolute Gasteiger partial charge is 0.495 e. The molecule has 3 rings (SSSR count). The smallest absolute Gasteiger partial charge is 0.259 e. The van der Waals surface area contributed by atoms with Crippen LogP contribution in [0.3, 0.4) is 0 Å². The first-order valence-corrected chi connectivity index (χ1v) is 9.84. The van der Waals surface area contributed by atoms with Crippen molar-refractivity contribution in [3.8, 4) is 11.5 Å². The van der Waals surface area contributed by atoms with Gasteiger partial charge in [-0.1, -0.05) is 44.1 Å². The number of anilines is 1. The number of nitrogens with zero attached hydrogens (tertiary/aromatic N) is 1. The number of methoxy groups -OCH3 is 1. The molecule has 30 heavy (non-hydrogen) atoms. The van der Waals surface area contributed by atoms with E-state index in [0.717, 1.165) is 16.8 Å². The van der Waals surface area contributed by atoms with Crippen LogP contribution in [0.15, 0.2) is 47.0 Å². The predicted molar refractivity (Wildman–Crippen MR) is 116 cm³/mol. The number of aromatic nitrogens is 1. The van der Waals surface area contributed by atoms with Crippen molar-refractivity contribution < 1.29 is 18.8 Å². The van der Waals surface area contributed by atoms with E-state index in [4.69, 9.17) is 14.0 Å². The molecule has 1 N–H and O–H groups in total. The first kappa shape index (κ1) is 21.4. The van der Waals surface area contributed by atoms with Gasteiger partial charge in [0.05, 0.1) is 29.6 Å². The van der Waals surface area contributed by atoms with Gasteiger partial charge in [0.1, 0.15) is 23.9 Å². The highest BCUT2D eigenvalue weighted by Gasteiger charge is 2.19. The molecule has 0 fully saturated rings. The molecule has 0 saturated carbocycles. The maximum atomic E-state index is 13.1. The fourth-order valence-electron chi connectivity index (χ4n) is 3.10. The highest BCUT2D eigenvalue weighted by Crippen LogP contribution is 2.32. The summed E-state index contributed by atoms with van der Waals surface area (Å²) in [5.41, 5.74) is 3.76. The Labute approximate surface area is 177 Å². The molecule has 158 valence electrons. The minimum atomic E-state index is -0.270. The minimum absolute atomic E-state index is 0.0544. The maximum absolute atomic E-state index is 13.1. The van der Waals surface area contributed by atoms with Crippen molar-refractivity contribution in [3.05, 3.63) is 70.6 Å². The Kier molecular flexibility index (Phi) is 6.15. The van der Waals surface area contributed by atoms with Gasteiger partial charge in [0, 0.05) is 0 Å². The molecule has 1 heterocycles. The van der Waals surface area contributed by atoms with Gasteiger partial charge in [-0.05, 0) is 49.1 Å². The Hall–Kier alpha value is -3.28. The third-order valence-corrected chi connectivity index (χ3v) is 5.00. The molecule has 0 atom stereocenters. The number of amides is 1. The fraction of sp³-hybridized carbons (Fsp3) is 0.333. The fourth-order valence-corrected chi connectivity index (χ4v) is 3.10. The van der Waals surface area contributed by atoms with Gasteiger partial charge in [-0.3, -0.25) is 4.79 Å². The predicted octanol–water partition coefficient (Wildman–Crippen LogP) is 5.43. The van der Waals surface area contributed by atoms with Gasteiger partial charge in [-0.25, -0.2) is 0 Å². The van der Waals surface area contributed by atoms with E-state index in [0.29, 0.717) is 28.5 Å². The van der Waals surface area contributed by atoms with Crippen molar-refractivity contribution in [1.82, 2.24) is 5.16 Å². The number of hydrogen-bond acceptors (Lipinski definition) is 5. The number of nitrogens with one attached hydrogen (secondary N) is 1. The first-order chi connectivity index (χ1) is 14.2. The van der Waals surface area contributed by atoms with E-state index < -0.39 is 0 Å². The summed E-state index contributed by atoms with van der Waals surface area (Å²) in [6.45, 7) is 10.3. The molecule has 0 spiro atoms. The SMILES string of the molecule is COc1ccc(C(C)(C)C)cc1NC(=O)c1ccccc1OCc1c(C)noc1C. The summed E-state index contributed by atoms with van der Waals surface area (Å²) in [5.74, 6) is 1.53. The molecular weight excluding hydrogens is 380 g/mol. The highest BCUT2D eigenvalue weighted by molar-refractivity contribution is 6.07. The van der Waals surface area contributed by atoms with Crippen LogP contribution in [-0.4, -0.2) is 18.2 Å². The number of ether oxygens (including phenoxy) is 2. The Bertz CT molecular complexity index is 1030. The lowest BCUT2D eigenvalue weighted by molar-refractivity contribution is 0.102. The van der Waals surface area contributed by atoms with Crippen LogP contribution in [-0.2, 0) is 12.0 Å². The molecule has 0 aliphatic rings. The van der Waals surface area contributed by atoms with Crippen LogP contribution in [0.1, 0.15) is 53.7 Å². The Morgan fingerprint density at radius 2 is 1.83 bits per heavy atom. The monoisotopic (exact) mass is 408 g/mol. The van der Waals surface area contributed by atoms with E-state index in [2.05, 4.69) is 31.2 Å². The van der Waals surface area contributed by atoms with Crippen molar-refractivity contribution in [3.63, 3.8) is 0 Å². The molecule has 3 aromatic rings. The minimum Gasteiger partial charge on any atom is -0.495 e. The molecule has 0 bridgehead atoms. The third kappa shape index (κ3) is 4.64. The summed E-state index contributed by atoms with van der Waals surface area (Å²) >= 11 is 0. The quantitative estimate of drug-likeness (QED) is 0.589. The number of carbonyl (C=O) groups excluding carboxylic acids is 1. The zero-order valence-electron chi connectivity index (χ0n) is 18.3. The second-order valence-electron chi connectivity index (χ2n) is 8.21. The number of aryl methyl sites for hydroxylation is 2. The van der Waals surface area contributed by atoms with Gasteiger partial charge in [0.2, 0.25) is 0 Å². The van der Waals surface area contributed by atoms with Crippen LogP contribution in [0.5, 0.6) is 11.5 Å². The van der Waals surface area contributed by atoms with Gasteiger partial charge in [0.15, 0.2) is 0 Å². The van der Waals surface area contributed by atoms with E-state index in [1.54, 1.807) is 25.3 Å². The van der Waals surface area contributed by atoms with Gasteiger partial charge in [-0.15, -0.1) is 0 Å². The molecule has 1 amide bonds. The van der Waals surface area contributed by atoms with Crippen LogP contribution in [0, 0.1) is 13.8 Å². The highest BCUT2D eigenvalue weighted by atomic mass is 16.5. The summed E-state index contributed by atoms with van der Waals surface area (Å²) in [5, 5.41) is 6.91. The summed E-state index contributed by atoms with van der Waals surface area (Å²) in [6.07, 6.45) is 0. The Morgan fingerprint density at radius 1 is 1.10 bits per heavy atom.